The molecule has 0 amide bonds. The van der Waals surface area contributed by atoms with Crippen LogP contribution in [0.5, 0.6) is 0 Å². The third-order valence-electron chi connectivity index (χ3n) is 2.95. The number of aliphatic imine (C=N–C) groups is 1. The van der Waals surface area contributed by atoms with Gasteiger partial charge in [-0.15, -0.1) is 0 Å². The van der Waals surface area contributed by atoms with Crippen molar-refractivity contribution in [3.8, 4) is 0 Å². The van der Waals surface area contributed by atoms with E-state index in [0.29, 0.717) is 6.54 Å². The van der Waals surface area contributed by atoms with Crippen molar-refractivity contribution in [2.24, 2.45) is 4.99 Å². The fourth-order valence-electron chi connectivity index (χ4n) is 1.84. The molecule has 0 saturated heterocycles. The molecule has 0 aliphatic heterocycles. The van der Waals surface area contributed by atoms with E-state index < -0.39 is 4.92 Å². The van der Waals surface area contributed by atoms with Gasteiger partial charge in [0.05, 0.1) is 11.5 Å². The van der Waals surface area contributed by atoms with Crippen LogP contribution in [0.25, 0.3) is 0 Å². The van der Waals surface area contributed by atoms with Gasteiger partial charge in [-0.25, -0.2) is 4.99 Å². The van der Waals surface area contributed by atoms with E-state index in [1.807, 2.05) is 20.8 Å². The summed E-state index contributed by atoms with van der Waals surface area (Å²) in [6, 6.07) is 6.71. The van der Waals surface area contributed by atoms with Crippen LogP contribution in [0.1, 0.15) is 32.8 Å². The minimum Gasteiger partial charge on any atom is -0.382 e. The molecular formula is C16H26N4O3. The largest absolute Gasteiger partial charge is 0.382 e. The first-order chi connectivity index (χ1) is 11.0. The number of guanidine groups is 1. The van der Waals surface area contributed by atoms with E-state index >= 15 is 0 Å². The second-order valence-electron chi connectivity index (χ2n) is 5.36. The number of nitrogens with zero attached hydrogens (tertiary/aromatic N) is 2. The Bertz CT molecular complexity index is 501. The molecule has 2 N–H and O–H groups in total. The van der Waals surface area contributed by atoms with E-state index in [0.717, 1.165) is 37.7 Å². The number of non-ortho nitro benzene ring substituents is 1. The van der Waals surface area contributed by atoms with Gasteiger partial charge >= 0.3 is 0 Å². The first-order valence-electron chi connectivity index (χ1n) is 7.88. The zero-order chi connectivity index (χ0) is 17.1. The lowest BCUT2D eigenvalue weighted by Gasteiger charge is -2.15. The predicted octanol–water partition coefficient (Wildman–Crippen LogP) is 2.47. The molecule has 0 radical (unpaired) electrons. The maximum Gasteiger partial charge on any atom is 0.269 e. The predicted molar refractivity (Wildman–Crippen MR) is 91.6 cm³/mol. The van der Waals surface area contributed by atoms with Crippen molar-refractivity contribution in [1.82, 2.24) is 10.6 Å². The highest BCUT2D eigenvalue weighted by Crippen LogP contribution is 2.12. The molecular weight excluding hydrogens is 296 g/mol. The SMILES string of the molecule is CCOCCCNC(=NCc1ccc([N+](=O)[O-])cc1)NC(C)C. The maximum absolute atomic E-state index is 10.6. The van der Waals surface area contributed by atoms with Crippen LogP contribution in [0.4, 0.5) is 5.69 Å². The van der Waals surface area contributed by atoms with Crippen LogP contribution < -0.4 is 10.6 Å². The van der Waals surface area contributed by atoms with Gasteiger partial charge in [0.25, 0.3) is 5.69 Å². The third kappa shape index (κ3) is 8.15. The zero-order valence-corrected chi connectivity index (χ0v) is 14.0. The fraction of sp³-hybridized carbons (Fsp3) is 0.562. The van der Waals surface area contributed by atoms with Gasteiger partial charge in [-0.3, -0.25) is 10.1 Å². The number of rotatable bonds is 9. The fourth-order valence-corrected chi connectivity index (χ4v) is 1.84. The first kappa shape index (κ1) is 18.9. The van der Waals surface area contributed by atoms with Crippen molar-refractivity contribution in [1.29, 1.82) is 0 Å². The van der Waals surface area contributed by atoms with Crippen LogP contribution >= 0.6 is 0 Å². The zero-order valence-electron chi connectivity index (χ0n) is 14.0. The van der Waals surface area contributed by atoms with E-state index in [1.54, 1.807) is 12.1 Å². The second kappa shape index (κ2) is 10.6. The lowest BCUT2D eigenvalue weighted by Crippen LogP contribution is -2.41. The van der Waals surface area contributed by atoms with Crippen molar-refractivity contribution in [3.05, 3.63) is 39.9 Å². The van der Waals surface area contributed by atoms with E-state index in [2.05, 4.69) is 15.6 Å². The topological polar surface area (TPSA) is 88.8 Å². The number of nitro groups is 1. The molecule has 0 spiro atoms. The van der Waals surface area contributed by atoms with Crippen molar-refractivity contribution in [3.63, 3.8) is 0 Å². The van der Waals surface area contributed by atoms with Crippen LogP contribution in [0.3, 0.4) is 0 Å². The summed E-state index contributed by atoms with van der Waals surface area (Å²) in [5, 5.41) is 17.2. The van der Waals surface area contributed by atoms with Crippen molar-refractivity contribution < 1.29 is 9.66 Å². The van der Waals surface area contributed by atoms with Gasteiger partial charge < -0.3 is 15.4 Å². The number of benzene rings is 1. The Morgan fingerprint density at radius 3 is 2.61 bits per heavy atom. The first-order valence-corrected chi connectivity index (χ1v) is 7.88. The smallest absolute Gasteiger partial charge is 0.269 e. The summed E-state index contributed by atoms with van der Waals surface area (Å²) in [6.07, 6.45) is 0.907. The number of hydrogen-bond acceptors (Lipinski definition) is 4. The van der Waals surface area contributed by atoms with Crippen molar-refractivity contribution in [2.45, 2.75) is 39.8 Å². The van der Waals surface area contributed by atoms with Crippen LogP contribution in [-0.4, -0.2) is 36.7 Å². The highest BCUT2D eigenvalue weighted by atomic mass is 16.6. The van der Waals surface area contributed by atoms with Gasteiger partial charge in [-0.05, 0) is 32.8 Å². The van der Waals surface area contributed by atoms with Gasteiger partial charge in [0, 0.05) is 37.9 Å². The molecule has 0 atom stereocenters. The molecule has 0 heterocycles. The monoisotopic (exact) mass is 322 g/mol. The number of nitro benzene ring substituents is 1. The molecule has 128 valence electrons. The molecule has 0 aromatic heterocycles. The molecule has 23 heavy (non-hydrogen) atoms. The number of ether oxygens (including phenoxy) is 1. The average molecular weight is 322 g/mol. The summed E-state index contributed by atoms with van der Waals surface area (Å²) in [5.74, 6) is 0.731. The highest BCUT2D eigenvalue weighted by Gasteiger charge is 2.04. The van der Waals surface area contributed by atoms with Crippen LogP contribution in [0, 0.1) is 10.1 Å². The van der Waals surface area contributed by atoms with Gasteiger partial charge in [-0.1, -0.05) is 12.1 Å². The second-order valence-corrected chi connectivity index (χ2v) is 5.36. The van der Waals surface area contributed by atoms with Gasteiger partial charge in [-0.2, -0.15) is 0 Å². The molecule has 7 nitrogen and oxygen atoms in total. The summed E-state index contributed by atoms with van der Waals surface area (Å²) >= 11 is 0. The quantitative estimate of drug-likeness (QED) is 0.240. The molecule has 1 aromatic rings. The number of hydrogen-bond donors (Lipinski definition) is 2. The lowest BCUT2D eigenvalue weighted by molar-refractivity contribution is -0.384. The minimum atomic E-state index is -0.404. The van der Waals surface area contributed by atoms with Crippen LogP contribution in [-0.2, 0) is 11.3 Å². The van der Waals surface area contributed by atoms with E-state index in [-0.39, 0.29) is 11.7 Å². The number of nitrogens with one attached hydrogen (secondary N) is 2. The molecule has 1 aromatic carbocycles. The molecule has 0 saturated carbocycles. The van der Waals surface area contributed by atoms with Gasteiger partial charge in [0.2, 0.25) is 0 Å². The molecule has 0 fully saturated rings. The van der Waals surface area contributed by atoms with Crippen LogP contribution in [0.15, 0.2) is 29.3 Å². The summed E-state index contributed by atoms with van der Waals surface area (Å²) in [5.41, 5.74) is 1.02. The lowest BCUT2D eigenvalue weighted by atomic mass is 10.2. The van der Waals surface area contributed by atoms with Crippen molar-refractivity contribution >= 4 is 11.6 Å². The van der Waals surface area contributed by atoms with E-state index in [1.165, 1.54) is 12.1 Å². The standard InChI is InChI=1S/C16H26N4O3/c1-4-23-11-5-10-17-16(19-13(2)3)18-12-14-6-8-15(9-7-14)20(21)22/h6-9,13H,4-5,10-12H2,1-3H3,(H2,17,18,19). The van der Waals surface area contributed by atoms with Gasteiger partial charge in [0.15, 0.2) is 5.96 Å². The van der Waals surface area contributed by atoms with E-state index in [9.17, 15) is 10.1 Å². The minimum absolute atomic E-state index is 0.0901. The highest BCUT2D eigenvalue weighted by molar-refractivity contribution is 5.80. The van der Waals surface area contributed by atoms with Gasteiger partial charge in [0.1, 0.15) is 0 Å². The molecule has 0 aliphatic carbocycles. The van der Waals surface area contributed by atoms with E-state index in [4.69, 9.17) is 4.74 Å². The molecule has 0 unspecified atom stereocenters. The Morgan fingerprint density at radius 1 is 1.35 bits per heavy atom. The van der Waals surface area contributed by atoms with Crippen LogP contribution in [0.2, 0.25) is 0 Å². The summed E-state index contributed by atoms with van der Waals surface area (Å²) in [6.45, 7) is 8.76. The summed E-state index contributed by atoms with van der Waals surface area (Å²) in [4.78, 5) is 14.7. The Morgan fingerprint density at radius 2 is 2.04 bits per heavy atom. The molecule has 1 rings (SSSR count). The summed E-state index contributed by atoms with van der Waals surface area (Å²) < 4.78 is 5.30. The molecule has 7 heteroatoms. The Kier molecular flexibility index (Phi) is 8.67. The maximum atomic E-state index is 10.6. The Labute approximate surface area is 137 Å². The summed E-state index contributed by atoms with van der Waals surface area (Å²) in [7, 11) is 0. The Balaban J connectivity index is 2.55. The molecule has 0 bridgehead atoms. The van der Waals surface area contributed by atoms with Crippen molar-refractivity contribution in [2.75, 3.05) is 19.8 Å². The normalized spacial score (nSPS) is 11.6. The average Bonchev–Trinajstić information content (AvgIpc) is 2.52. The molecule has 0 aliphatic rings. The third-order valence-corrected chi connectivity index (χ3v) is 2.95. The Hall–Kier alpha value is -2.15.